The summed E-state index contributed by atoms with van der Waals surface area (Å²) in [7, 11) is 0. The molecule has 0 spiro atoms. The molecular formula is C15H11N5. The fraction of sp³-hybridized carbons (Fsp3) is 0. The van der Waals surface area contributed by atoms with Crippen LogP contribution in [0.15, 0.2) is 54.7 Å². The molecule has 2 N–H and O–H groups in total. The monoisotopic (exact) mass is 261 g/mol. The highest BCUT2D eigenvalue weighted by Crippen LogP contribution is 2.21. The van der Waals surface area contributed by atoms with Crippen molar-refractivity contribution in [3.63, 3.8) is 0 Å². The molecule has 0 radical (unpaired) electrons. The topological polar surface area (TPSA) is 69.1 Å². The third-order valence-corrected chi connectivity index (χ3v) is 3.25. The maximum absolute atomic E-state index is 5.60. The van der Waals surface area contributed by atoms with Gasteiger partial charge in [-0.1, -0.05) is 24.3 Å². The van der Waals surface area contributed by atoms with Gasteiger partial charge in [-0.15, -0.1) is 5.10 Å². The summed E-state index contributed by atoms with van der Waals surface area (Å²) in [6.07, 6.45) is 1.84. The van der Waals surface area contributed by atoms with Crippen LogP contribution in [-0.2, 0) is 0 Å². The van der Waals surface area contributed by atoms with E-state index in [2.05, 4.69) is 27.2 Å². The van der Waals surface area contributed by atoms with Crippen molar-refractivity contribution in [2.24, 2.45) is 0 Å². The fourth-order valence-electron chi connectivity index (χ4n) is 2.28. The first-order valence-corrected chi connectivity index (χ1v) is 6.28. The average molecular weight is 261 g/mol. The molecule has 3 heterocycles. The summed E-state index contributed by atoms with van der Waals surface area (Å²) in [4.78, 5) is 8.83. The van der Waals surface area contributed by atoms with E-state index in [-0.39, 0.29) is 5.95 Å². The Hall–Kier alpha value is -2.95. The van der Waals surface area contributed by atoms with E-state index in [1.54, 1.807) is 4.52 Å². The van der Waals surface area contributed by atoms with Crippen molar-refractivity contribution >= 4 is 22.5 Å². The SMILES string of the molecule is Nc1nc2cc(-c3ccc4ccccc4n3)ccn2n1. The smallest absolute Gasteiger partial charge is 0.240 e. The van der Waals surface area contributed by atoms with Gasteiger partial charge in [-0.3, -0.25) is 0 Å². The zero-order chi connectivity index (χ0) is 13.5. The Balaban J connectivity index is 1.90. The number of hydrogen-bond acceptors (Lipinski definition) is 4. The molecule has 1 aromatic carbocycles. The van der Waals surface area contributed by atoms with E-state index in [1.165, 1.54) is 0 Å². The summed E-state index contributed by atoms with van der Waals surface area (Å²) in [5, 5.41) is 5.19. The lowest BCUT2D eigenvalue weighted by Gasteiger charge is -2.03. The minimum absolute atomic E-state index is 0.272. The minimum atomic E-state index is 0.272. The second-order valence-electron chi connectivity index (χ2n) is 4.58. The molecule has 0 aliphatic rings. The number of aromatic nitrogens is 4. The standard InChI is InChI=1S/C15H11N5/c16-15-18-14-9-11(7-8-20(14)19-15)13-6-5-10-3-1-2-4-12(10)17-13/h1-9H,(H2,16,19). The molecule has 4 aromatic rings. The molecule has 0 aliphatic heterocycles. The highest BCUT2D eigenvalue weighted by molar-refractivity contribution is 5.81. The molecule has 5 heteroatoms. The Morgan fingerprint density at radius 1 is 0.950 bits per heavy atom. The number of nitrogens with two attached hydrogens (primary N) is 1. The highest BCUT2D eigenvalue weighted by Gasteiger charge is 2.05. The maximum atomic E-state index is 5.60. The van der Waals surface area contributed by atoms with Crippen LogP contribution in [0.1, 0.15) is 0 Å². The van der Waals surface area contributed by atoms with Crippen molar-refractivity contribution in [1.82, 2.24) is 19.6 Å². The van der Waals surface area contributed by atoms with Crippen LogP contribution < -0.4 is 5.73 Å². The summed E-state index contributed by atoms with van der Waals surface area (Å²) >= 11 is 0. The van der Waals surface area contributed by atoms with Gasteiger partial charge < -0.3 is 5.73 Å². The lowest BCUT2D eigenvalue weighted by Crippen LogP contribution is -1.90. The lowest BCUT2D eigenvalue weighted by atomic mass is 10.1. The van der Waals surface area contributed by atoms with E-state index < -0.39 is 0 Å². The predicted molar refractivity (Wildman–Crippen MR) is 78.1 cm³/mol. The van der Waals surface area contributed by atoms with Crippen molar-refractivity contribution in [2.45, 2.75) is 0 Å². The van der Waals surface area contributed by atoms with Crippen LogP contribution in [0.25, 0.3) is 27.8 Å². The van der Waals surface area contributed by atoms with Gasteiger partial charge in [0.1, 0.15) is 0 Å². The Bertz CT molecular complexity index is 926. The summed E-state index contributed by atoms with van der Waals surface area (Å²) in [6, 6.07) is 16.0. The highest BCUT2D eigenvalue weighted by atomic mass is 15.3. The Kier molecular flexibility index (Phi) is 2.20. The van der Waals surface area contributed by atoms with E-state index in [0.29, 0.717) is 0 Å². The second kappa shape index (κ2) is 4.03. The van der Waals surface area contributed by atoms with Gasteiger partial charge in [0.15, 0.2) is 5.65 Å². The van der Waals surface area contributed by atoms with E-state index >= 15 is 0 Å². The minimum Gasteiger partial charge on any atom is -0.366 e. The average Bonchev–Trinajstić information content (AvgIpc) is 2.85. The summed E-state index contributed by atoms with van der Waals surface area (Å²) < 4.78 is 1.65. The molecule has 0 bridgehead atoms. The Morgan fingerprint density at radius 3 is 2.80 bits per heavy atom. The molecule has 5 nitrogen and oxygen atoms in total. The van der Waals surface area contributed by atoms with Gasteiger partial charge in [-0.2, -0.15) is 4.98 Å². The lowest BCUT2D eigenvalue weighted by molar-refractivity contribution is 0.968. The van der Waals surface area contributed by atoms with Crippen molar-refractivity contribution < 1.29 is 0 Å². The van der Waals surface area contributed by atoms with Gasteiger partial charge in [0, 0.05) is 17.1 Å². The number of nitrogen functional groups attached to an aromatic ring is 1. The first-order valence-electron chi connectivity index (χ1n) is 6.28. The van der Waals surface area contributed by atoms with Crippen molar-refractivity contribution in [3.05, 3.63) is 54.7 Å². The zero-order valence-corrected chi connectivity index (χ0v) is 10.6. The molecule has 0 atom stereocenters. The van der Waals surface area contributed by atoms with Crippen molar-refractivity contribution in [3.8, 4) is 11.3 Å². The predicted octanol–water partition coefficient (Wildman–Crippen LogP) is 2.53. The second-order valence-corrected chi connectivity index (χ2v) is 4.58. The normalized spacial score (nSPS) is 11.2. The molecule has 0 amide bonds. The van der Waals surface area contributed by atoms with Gasteiger partial charge in [0.2, 0.25) is 5.95 Å². The van der Waals surface area contributed by atoms with Gasteiger partial charge in [-0.25, -0.2) is 9.50 Å². The molecule has 0 unspecified atom stereocenters. The van der Waals surface area contributed by atoms with Crippen LogP contribution >= 0.6 is 0 Å². The number of hydrogen-bond donors (Lipinski definition) is 1. The third kappa shape index (κ3) is 1.68. The van der Waals surface area contributed by atoms with Crippen LogP contribution in [-0.4, -0.2) is 19.6 Å². The van der Waals surface area contributed by atoms with Crippen LogP contribution in [0.5, 0.6) is 0 Å². The molecule has 96 valence electrons. The van der Waals surface area contributed by atoms with Gasteiger partial charge in [0.25, 0.3) is 0 Å². The molecule has 0 saturated heterocycles. The Labute approximate surface area is 114 Å². The van der Waals surface area contributed by atoms with Crippen LogP contribution in [0.2, 0.25) is 0 Å². The first kappa shape index (κ1) is 10.9. The van der Waals surface area contributed by atoms with Gasteiger partial charge in [-0.05, 0) is 24.3 Å². The Morgan fingerprint density at radius 2 is 1.85 bits per heavy atom. The number of fused-ring (bicyclic) bond motifs is 2. The van der Waals surface area contributed by atoms with E-state index in [9.17, 15) is 0 Å². The van der Waals surface area contributed by atoms with E-state index in [1.807, 2.05) is 42.6 Å². The van der Waals surface area contributed by atoms with E-state index in [4.69, 9.17) is 5.73 Å². The maximum Gasteiger partial charge on any atom is 0.240 e. The summed E-state index contributed by atoms with van der Waals surface area (Å²) in [5.41, 5.74) is 9.20. The molecule has 20 heavy (non-hydrogen) atoms. The van der Waals surface area contributed by atoms with E-state index in [0.717, 1.165) is 27.8 Å². The number of pyridine rings is 2. The zero-order valence-electron chi connectivity index (χ0n) is 10.6. The van der Waals surface area contributed by atoms with Crippen LogP contribution in [0, 0.1) is 0 Å². The fourth-order valence-corrected chi connectivity index (χ4v) is 2.28. The molecule has 3 aromatic heterocycles. The van der Waals surface area contributed by atoms with Crippen molar-refractivity contribution in [2.75, 3.05) is 5.73 Å². The first-order chi connectivity index (χ1) is 9.79. The molecule has 0 fully saturated rings. The molecular weight excluding hydrogens is 250 g/mol. The molecule has 0 saturated carbocycles. The number of anilines is 1. The molecule has 4 rings (SSSR count). The number of rotatable bonds is 1. The largest absolute Gasteiger partial charge is 0.366 e. The van der Waals surface area contributed by atoms with Crippen LogP contribution in [0.3, 0.4) is 0 Å². The van der Waals surface area contributed by atoms with Crippen LogP contribution in [0.4, 0.5) is 5.95 Å². The molecule has 0 aliphatic carbocycles. The summed E-state index contributed by atoms with van der Waals surface area (Å²) in [5.74, 6) is 0.272. The quantitative estimate of drug-likeness (QED) is 0.571. The number of para-hydroxylation sites is 1. The van der Waals surface area contributed by atoms with Crippen molar-refractivity contribution in [1.29, 1.82) is 0 Å². The van der Waals surface area contributed by atoms with Gasteiger partial charge >= 0.3 is 0 Å². The summed E-state index contributed by atoms with van der Waals surface area (Å²) in [6.45, 7) is 0. The number of benzene rings is 1. The van der Waals surface area contributed by atoms with Gasteiger partial charge in [0.05, 0.1) is 11.2 Å². The number of nitrogens with zero attached hydrogens (tertiary/aromatic N) is 4. The third-order valence-electron chi connectivity index (χ3n) is 3.25.